The Hall–Kier alpha value is -1.70. The van der Waals surface area contributed by atoms with Crippen LogP contribution in [-0.4, -0.2) is 30.3 Å². The van der Waals surface area contributed by atoms with Gasteiger partial charge in [0.25, 0.3) is 0 Å². The molecule has 1 atom stereocenters. The summed E-state index contributed by atoms with van der Waals surface area (Å²) in [7, 11) is -3.72. The predicted octanol–water partition coefficient (Wildman–Crippen LogP) is 1.21. The van der Waals surface area contributed by atoms with Gasteiger partial charge in [-0.05, 0) is 26.3 Å². The fraction of sp³-hybridized carbons (Fsp3) is 0.357. The fourth-order valence-corrected chi connectivity index (χ4v) is 3.64. The summed E-state index contributed by atoms with van der Waals surface area (Å²) in [5.41, 5.74) is 0.229. The normalized spacial score (nSPS) is 14.9. The van der Waals surface area contributed by atoms with Crippen LogP contribution in [0.15, 0.2) is 35.2 Å². The lowest BCUT2D eigenvalue weighted by molar-refractivity contribution is 0.0627. The van der Waals surface area contributed by atoms with Crippen molar-refractivity contribution in [2.24, 2.45) is 0 Å². The minimum atomic E-state index is -3.72. The molecular formula is C14H19N3O3S. The van der Waals surface area contributed by atoms with E-state index in [4.69, 9.17) is 0 Å². The number of nitrogens with zero attached hydrogens (tertiary/aromatic N) is 1. The van der Waals surface area contributed by atoms with Gasteiger partial charge in [-0.2, -0.15) is 5.10 Å². The lowest BCUT2D eigenvalue weighted by atomic mass is 9.97. The highest BCUT2D eigenvalue weighted by atomic mass is 32.2. The number of hydrogen-bond donors (Lipinski definition) is 3. The molecule has 0 saturated carbocycles. The largest absolute Gasteiger partial charge is 0.384 e. The van der Waals surface area contributed by atoms with Gasteiger partial charge in [-0.25, -0.2) is 13.1 Å². The standard InChI is InChI=1S/C14H19N3O3S/c1-10-13(11(2)17-16-10)21(19,20)15-9-14(3,18)12-7-5-4-6-8-12/h4-8,15,18H,9H2,1-3H3,(H,16,17). The molecule has 7 heteroatoms. The van der Waals surface area contributed by atoms with E-state index in [0.29, 0.717) is 17.0 Å². The van der Waals surface area contributed by atoms with E-state index in [2.05, 4.69) is 14.9 Å². The van der Waals surface area contributed by atoms with Crippen LogP contribution in [0.25, 0.3) is 0 Å². The lowest BCUT2D eigenvalue weighted by Crippen LogP contribution is -2.38. The van der Waals surface area contributed by atoms with Crippen molar-refractivity contribution in [3.63, 3.8) is 0 Å². The van der Waals surface area contributed by atoms with Gasteiger partial charge >= 0.3 is 0 Å². The molecule has 114 valence electrons. The first-order chi connectivity index (χ1) is 9.74. The van der Waals surface area contributed by atoms with E-state index in [1.165, 1.54) is 0 Å². The second kappa shape index (κ2) is 5.59. The molecule has 0 amide bonds. The number of sulfonamides is 1. The summed E-state index contributed by atoms with van der Waals surface area (Å²) in [4.78, 5) is 0.131. The monoisotopic (exact) mass is 309 g/mol. The number of aliphatic hydroxyl groups is 1. The first kappa shape index (κ1) is 15.7. The second-order valence-corrected chi connectivity index (χ2v) is 6.93. The molecule has 3 N–H and O–H groups in total. The Kier molecular flexibility index (Phi) is 4.18. The van der Waals surface area contributed by atoms with Crippen molar-refractivity contribution < 1.29 is 13.5 Å². The average molecular weight is 309 g/mol. The maximum atomic E-state index is 12.3. The number of hydrogen-bond acceptors (Lipinski definition) is 4. The molecule has 0 aliphatic rings. The molecule has 0 fully saturated rings. The minimum absolute atomic E-state index is 0.122. The SMILES string of the molecule is Cc1n[nH]c(C)c1S(=O)(=O)NCC(C)(O)c1ccccc1. The van der Waals surface area contributed by atoms with Crippen molar-refractivity contribution in [1.82, 2.24) is 14.9 Å². The van der Waals surface area contributed by atoms with Crippen LogP contribution in [0.2, 0.25) is 0 Å². The van der Waals surface area contributed by atoms with Crippen LogP contribution in [0.3, 0.4) is 0 Å². The van der Waals surface area contributed by atoms with Crippen LogP contribution in [0.1, 0.15) is 23.9 Å². The van der Waals surface area contributed by atoms with E-state index in [1.807, 2.05) is 6.07 Å². The van der Waals surface area contributed by atoms with Gasteiger partial charge in [-0.3, -0.25) is 5.10 Å². The first-order valence-corrected chi connectivity index (χ1v) is 8.01. The van der Waals surface area contributed by atoms with Crippen LogP contribution in [0.4, 0.5) is 0 Å². The van der Waals surface area contributed by atoms with Crippen molar-refractivity contribution in [2.45, 2.75) is 31.3 Å². The molecule has 6 nitrogen and oxygen atoms in total. The molecule has 1 heterocycles. The summed E-state index contributed by atoms with van der Waals surface area (Å²) >= 11 is 0. The number of aromatic nitrogens is 2. The van der Waals surface area contributed by atoms with Crippen molar-refractivity contribution in [1.29, 1.82) is 0 Å². The molecule has 0 saturated heterocycles. The van der Waals surface area contributed by atoms with Gasteiger partial charge in [0, 0.05) is 6.54 Å². The minimum Gasteiger partial charge on any atom is -0.384 e. The third kappa shape index (κ3) is 3.31. The molecule has 2 rings (SSSR count). The van der Waals surface area contributed by atoms with E-state index in [9.17, 15) is 13.5 Å². The van der Waals surface area contributed by atoms with Crippen LogP contribution >= 0.6 is 0 Å². The van der Waals surface area contributed by atoms with Crippen LogP contribution < -0.4 is 4.72 Å². The summed E-state index contributed by atoms with van der Waals surface area (Å²) in [5.74, 6) is 0. The van der Waals surface area contributed by atoms with E-state index >= 15 is 0 Å². The smallest absolute Gasteiger partial charge is 0.244 e. The highest BCUT2D eigenvalue weighted by molar-refractivity contribution is 7.89. The molecule has 1 aromatic heterocycles. The summed E-state index contributed by atoms with van der Waals surface area (Å²) < 4.78 is 27.1. The van der Waals surface area contributed by atoms with E-state index in [-0.39, 0.29) is 11.4 Å². The molecule has 1 unspecified atom stereocenters. The van der Waals surface area contributed by atoms with E-state index in [0.717, 1.165) is 0 Å². The van der Waals surface area contributed by atoms with Crippen LogP contribution in [0.5, 0.6) is 0 Å². The maximum absolute atomic E-state index is 12.3. The fourth-order valence-electron chi connectivity index (χ4n) is 2.14. The van der Waals surface area contributed by atoms with Crippen molar-refractivity contribution in [3.8, 4) is 0 Å². The van der Waals surface area contributed by atoms with E-state index < -0.39 is 15.6 Å². The van der Waals surface area contributed by atoms with Gasteiger partial charge in [0.1, 0.15) is 10.5 Å². The zero-order valence-corrected chi connectivity index (χ0v) is 13.0. The maximum Gasteiger partial charge on any atom is 0.244 e. The first-order valence-electron chi connectivity index (χ1n) is 6.53. The number of nitrogens with one attached hydrogen (secondary N) is 2. The molecular weight excluding hydrogens is 290 g/mol. The predicted molar refractivity (Wildman–Crippen MR) is 79.3 cm³/mol. The lowest BCUT2D eigenvalue weighted by Gasteiger charge is -2.24. The zero-order valence-electron chi connectivity index (χ0n) is 12.2. The quantitative estimate of drug-likeness (QED) is 0.773. The molecule has 21 heavy (non-hydrogen) atoms. The van der Waals surface area contributed by atoms with Crippen molar-refractivity contribution in [2.75, 3.05) is 6.54 Å². The Bertz CT molecular complexity index is 702. The van der Waals surface area contributed by atoms with Gasteiger partial charge < -0.3 is 5.11 Å². The highest BCUT2D eigenvalue weighted by Crippen LogP contribution is 2.21. The molecule has 0 radical (unpaired) electrons. The molecule has 0 aliphatic carbocycles. The van der Waals surface area contributed by atoms with Gasteiger partial charge in [-0.1, -0.05) is 30.3 Å². The Labute approximate surface area is 124 Å². The Balaban J connectivity index is 2.20. The van der Waals surface area contributed by atoms with Gasteiger partial charge in [0.15, 0.2) is 0 Å². The number of aromatic amines is 1. The van der Waals surface area contributed by atoms with Crippen LogP contribution in [0, 0.1) is 13.8 Å². The van der Waals surface area contributed by atoms with Crippen LogP contribution in [-0.2, 0) is 15.6 Å². The molecule has 0 spiro atoms. The summed E-state index contributed by atoms with van der Waals surface area (Å²) in [6.07, 6.45) is 0. The molecule has 1 aromatic carbocycles. The van der Waals surface area contributed by atoms with Gasteiger partial charge in [-0.15, -0.1) is 0 Å². The van der Waals surface area contributed by atoms with E-state index in [1.54, 1.807) is 45.0 Å². The highest BCUT2D eigenvalue weighted by Gasteiger charge is 2.28. The molecule has 0 bridgehead atoms. The van der Waals surface area contributed by atoms with Gasteiger partial charge in [0.2, 0.25) is 10.0 Å². The Morgan fingerprint density at radius 1 is 1.29 bits per heavy atom. The number of H-pyrrole nitrogens is 1. The summed E-state index contributed by atoms with van der Waals surface area (Å²) in [5, 5.41) is 17.0. The van der Waals surface area contributed by atoms with Gasteiger partial charge in [0.05, 0.1) is 11.4 Å². The number of benzene rings is 1. The average Bonchev–Trinajstić information content (AvgIpc) is 2.78. The third-order valence-electron chi connectivity index (χ3n) is 3.33. The molecule has 0 aliphatic heterocycles. The third-order valence-corrected chi connectivity index (χ3v) is 4.99. The Morgan fingerprint density at radius 3 is 2.43 bits per heavy atom. The number of rotatable bonds is 5. The summed E-state index contributed by atoms with van der Waals surface area (Å²) in [6, 6.07) is 8.93. The zero-order chi connectivity index (χ0) is 15.7. The van der Waals surface area contributed by atoms with Crippen molar-refractivity contribution >= 4 is 10.0 Å². The summed E-state index contributed by atoms with van der Waals surface area (Å²) in [6.45, 7) is 4.71. The van der Waals surface area contributed by atoms with Crippen molar-refractivity contribution in [3.05, 3.63) is 47.3 Å². The molecule has 2 aromatic rings. The second-order valence-electron chi connectivity index (χ2n) is 5.23. The number of aryl methyl sites for hydroxylation is 2. The topological polar surface area (TPSA) is 95.1 Å². The Morgan fingerprint density at radius 2 is 1.90 bits per heavy atom.